The van der Waals surface area contributed by atoms with Crippen LogP contribution in [0.25, 0.3) is 17.1 Å². The van der Waals surface area contributed by atoms with Gasteiger partial charge in [-0.2, -0.15) is 4.68 Å². The number of hydrogen-bond donors (Lipinski definition) is 3. The molecular formula is C17H18N6O3. The van der Waals surface area contributed by atoms with E-state index in [1.165, 1.54) is 10.7 Å². The number of aromatic nitrogens is 3. The number of hydrogen-bond acceptors (Lipinski definition) is 5. The predicted octanol–water partition coefficient (Wildman–Crippen LogP) is 2.26. The quantitative estimate of drug-likeness (QED) is 0.463. The zero-order chi connectivity index (χ0) is 18.7. The van der Waals surface area contributed by atoms with E-state index < -0.39 is 4.92 Å². The molecule has 2 heterocycles. The maximum Gasteiger partial charge on any atom is 0.390 e. The summed E-state index contributed by atoms with van der Waals surface area (Å²) in [6.07, 6.45) is 3.60. The molecule has 9 nitrogen and oxygen atoms in total. The van der Waals surface area contributed by atoms with E-state index in [4.69, 9.17) is 0 Å². The van der Waals surface area contributed by atoms with Crippen molar-refractivity contribution < 1.29 is 9.72 Å². The average molecular weight is 354 g/mol. The van der Waals surface area contributed by atoms with Crippen molar-refractivity contribution in [2.75, 3.05) is 0 Å². The molecule has 0 aliphatic carbocycles. The summed E-state index contributed by atoms with van der Waals surface area (Å²) in [5.41, 5.74) is 8.47. The van der Waals surface area contributed by atoms with Gasteiger partial charge in [-0.25, -0.2) is 0 Å². The van der Waals surface area contributed by atoms with Crippen molar-refractivity contribution in [2.24, 2.45) is 0 Å². The molecule has 2 aromatic heterocycles. The normalized spacial score (nSPS) is 11.5. The first-order valence-corrected chi connectivity index (χ1v) is 7.93. The Morgan fingerprint density at radius 2 is 2.15 bits per heavy atom. The van der Waals surface area contributed by atoms with Crippen LogP contribution in [0.4, 0.5) is 5.82 Å². The summed E-state index contributed by atoms with van der Waals surface area (Å²) in [4.78, 5) is 25.5. The van der Waals surface area contributed by atoms with Crippen LogP contribution in [0, 0.1) is 17.0 Å². The first-order chi connectivity index (χ1) is 12.4. The van der Waals surface area contributed by atoms with Crippen LogP contribution in [0.15, 0.2) is 42.2 Å². The highest BCUT2D eigenvalue weighted by atomic mass is 16.6. The molecule has 26 heavy (non-hydrogen) atoms. The molecular weight excluding hydrogens is 336 g/mol. The number of fused-ring (bicyclic) bond motifs is 1. The number of para-hydroxylation sites is 1. The van der Waals surface area contributed by atoms with Gasteiger partial charge in [-0.15, -0.1) is 0 Å². The van der Waals surface area contributed by atoms with Crippen LogP contribution < -0.4 is 10.9 Å². The van der Waals surface area contributed by atoms with Crippen molar-refractivity contribution in [2.45, 2.75) is 20.3 Å². The minimum atomic E-state index is -0.553. The second kappa shape index (κ2) is 7.09. The van der Waals surface area contributed by atoms with Gasteiger partial charge in [0.1, 0.15) is 0 Å². The standard InChI is InChI=1S/C17H18N6O3/c1-11(10-22-12(2)7-16(21-22)23(25)26)19-20-17(24)8-13-9-18-15-6-4-3-5-14(13)15/h3-7,9-10,18-19H,8H2,1-2H3,(H,20,24). The molecule has 0 fully saturated rings. The van der Waals surface area contributed by atoms with Gasteiger partial charge in [-0.1, -0.05) is 18.2 Å². The second-order valence-electron chi connectivity index (χ2n) is 5.87. The summed E-state index contributed by atoms with van der Waals surface area (Å²) in [6, 6.07) is 9.14. The Hall–Kier alpha value is -3.62. The number of nitrogens with zero attached hydrogens (tertiary/aromatic N) is 3. The number of hydrazine groups is 1. The number of nitrogens with one attached hydrogen (secondary N) is 3. The highest BCUT2D eigenvalue weighted by Crippen LogP contribution is 2.18. The van der Waals surface area contributed by atoms with Crippen molar-refractivity contribution in [1.29, 1.82) is 0 Å². The maximum absolute atomic E-state index is 12.1. The van der Waals surface area contributed by atoms with E-state index in [1.807, 2.05) is 30.5 Å². The van der Waals surface area contributed by atoms with Gasteiger partial charge >= 0.3 is 5.82 Å². The van der Waals surface area contributed by atoms with Crippen molar-refractivity contribution in [3.63, 3.8) is 0 Å². The molecule has 3 aromatic rings. The molecule has 0 aliphatic heterocycles. The van der Waals surface area contributed by atoms with Crippen molar-refractivity contribution in [1.82, 2.24) is 25.6 Å². The third-order valence-electron chi connectivity index (χ3n) is 3.84. The lowest BCUT2D eigenvalue weighted by Gasteiger charge is -2.08. The van der Waals surface area contributed by atoms with Gasteiger partial charge in [0.2, 0.25) is 5.91 Å². The number of aromatic amines is 1. The van der Waals surface area contributed by atoms with Gasteiger partial charge in [-0.3, -0.25) is 10.2 Å². The van der Waals surface area contributed by atoms with Crippen LogP contribution >= 0.6 is 0 Å². The molecule has 3 rings (SSSR count). The number of benzene rings is 1. The van der Waals surface area contributed by atoms with Crippen LogP contribution in [0.1, 0.15) is 18.2 Å². The first kappa shape index (κ1) is 17.2. The van der Waals surface area contributed by atoms with E-state index >= 15 is 0 Å². The van der Waals surface area contributed by atoms with Gasteiger partial charge < -0.3 is 20.5 Å². The van der Waals surface area contributed by atoms with Crippen molar-refractivity contribution in [3.05, 3.63) is 63.6 Å². The fourth-order valence-corrected chi connectivity index (χ4v) is 2.57. The summed E-state index contributed by atoms with van der Waals surface area (Å²) in [5, 5.41) is 15.6. The van der Waals surface area contributed by atoms with Crippen LogP contribution in [0.2, 0.25) is 0 Å². The van der Waals surface area contributed by atoms with E-state index in [0.29, 0.717) is 11.4 Å². The summed E-state index contributed by atoms with van der Waals surface area (Å²) < 4.78 is 1.38. The Morgan fingerprint density at radius 1 is 1.38 bits per heavy atom. The highest BCUT2D eigenvalue weighted by molar-refractivity contribution is 5.88. The summed E-state index contributed by atoms with van der Waals surface area (Å²) >= 11 is 0. The molecule has 0 saturated heterocycles. The van der Waals surface area contributed by atoms with E-state index in [-0.39, 0.29) is 18.1 Å². The topological polar surface area (TPSA) is 118 Å². The fourth-order valence-electron chi connectivity index (χ4n) is 2.57. The molecule has 3 N–H and O–H groups in total. The highest BCUT2D eigenvalue weighted by Gasteiger charge is 2.14. The van der Waals surface area contributed by atoms with E-state index in [1.54, 1.807) is 20.0 Å². The maximum atomic E-state index is 12.1. The molecule has 0 aliphatic rings. The average Bonchev–Trinajstić information content (AvgIpc) is 3.18. The molecule has 0 atom stereocenters. The monoisotopic (exact) mass is 354 g/mol. The minimum Gasteiger partial charge on any atom is -0.361 e. The SMILES string of the molecule is CC(=Cn1nc([N+](=O)[O-])cc1C)NNC(=O)Cc1c[nH]c2ccccc12. The third-order valence-corrected chi connectivity index (χ3v) is 3.84. The Morgan fingerprint density at radius 3 is 2.88 bits per heavy atom. The molecule has 0 bridgehead atoms. The number of rotatable bonds is 6. The van der Waals surface area contributed by atoms with Gasteiger partial charge in [0.15, 0.2) is 0 Å². The Labute approximate surface area is 148 Å². The molecule has 9 heteroatoms. The number of carbonyl (C=O) groups is 1. The minimum absolute atomic E-state index is 0.203. The molecule has 1 amide bonds. The van der Waals surface area contributed by atoms with E-state index in [9.17, 15) is 14.9 Å². The summed E-state index contributed by atoms with van der Waals surface area (Å²) in [5.74, 6) is -0.430. The van der Waals surface area contributed by atoms with Crippen LogP contribution in [0.5, 0.6) is 0 Å². The van der Waals surface area contributed by atoms with Gasteiger partial charge in [0.05, 0.1) is 29.5 Å². The molecule has 0 spiro atoms. The van der Waals surface area contributed by atoms with E-state index in [0.717, 1.165) is 16.5 Å². The summed E-state index contributed by atoms with van der Waals surface area (Å²) in [7, 11) is 0. The third kappa shape index (κ3) is 3.72. The first-order valence-electron chi connectivity index (χ1n) is 7.93. The molecule has 0 radical (unpaired) electrons. The zero-order valence-electron chi connectivity index (χ0n) is 14.3. The lowest BCUT2D eigenvalue weighted by Crippen LogP contribution is -2.37. The number of H-pyrrole nitrogens is 1. The summed E-state index contributed by atoms with van der Waals surface area (Å²) in [6.45, 7) is 3.43. The molecule has 0 unspecified atom stereocenters. The Kier molecular flexibility index (Phi) is 4.70. The Bertz CT molecular complexity index is 1000. The lowest BCUT2D eigenvalue weighted by atomic mass is 10.1. The molecule has 0 saturated carbocycles. The van der Waals surface area contributed by atoms with Crippen LogP contribution in [0.3, 0.4) is 0 Å². The second-order valence-corrected chi connectivity index (χ2v) is 5.87. The fraction of sp³-hybridized carbons (Fsp3) is 0.176. The molecule has 134 valence electrons. The van der Waals surface area contributed by atoms with E-state index in [2.05, 4.69) is 20.9 Å². The molecule has 1 aromatic carbocycles. The van der Waals surface area contributed by atoms with Gasteiger partial charge in [0, 0.05) is 22.8 Å². The zero-order valence-corrected chi connectivity index (χ0v) is 14.3. The Balaban J connectivity index is 1.61. The largest absolute Gasteiger partial charge is 0.390 e. The van der Waals surface area contributed by atoms with Crippen molar-refractivity contribution in [3.8, 4) is 0 Å². The van der Waals surface area contributed by atoms with Crippen LogP contribution in [-0.4, -0.2) is 25.6 Å². The van der Waals surface area contributed by atoms with Crippen LogP contribution in [-0.2, 0) is 11.2 Å². The number of carbonyl (C=O) groups excluding carboxylic acids is 1. The predicted molar refractivity (Wildman–Crippen MR) is 96.8 cm³/mol. The number of allylic oxidation sites excluding steroid dienone is 1. The number of aryl methyl sites for hydroxylation is 1. The van der Waals surface area contributed by atoms with Gasteiger partial charge in [-0.05, 0) is 30.4 Å². The number of nitro groups is 1. The van der Waals surface area contributed by atoms with Crippen molar-refractivity contribution >= 4 is 28.8 Å². The lowest BCUT2D eigenvalue weighted by molar-refractivity contribution is -0.389. The smallest absolute Gasteiger partial charge is 0.361 e. The number of amides is 1. The van der Waals surface area contributed by atoms with Gasteiger partial charge in [0.25, 0.3) is 0 Å².